The normalized spacial score (nSPS) is 17.3. The Labute approximate surface area is 121 Å². The number of aliphatic carboxylic acids is 1. The molecule has 7 nitrogen and oxygen atoms in total. The number of tetrazole rings is 1. The van der Waals surface area contributed by atoms with Crippen LogP contribution in [0.5, 0.6) is 5.75 Å². The Hall–Kier alpha value is -2.44. The number of hydrogen-bond donors (Lipinski definition) is 1. The molecule has 7 heteroatoms. The predicted molar refractivity (Wildman–Crippen MR) is 73.0 cm³/mol. The van der Waals surface area contributed by atoms with Gasteiger partial charge in [-0.05, 0) is 30.3 Å². The van der Waals surface area contributed by atoms with Crippen molar-refractivity contribution in [1.82, 2.24) is 20.2 Å². The van der Waals surface area contributed by atoms with Crippen molar-refractivity contribution < 1.29 is 14.6 Å². The summed E-state index contributed by atoms with van der Waals surface area (Å²) in [6, 6.07) is 7.74. The van der Waals surface area contributed by atoms with Crippen LogP contribution in [0, 0.1) is 5.41 Å². The number of ether oxygens (including phenoxy) is 1. The van der Waals surface area contributed by atoms with Crippen LogP contribution in [0.1, 0.15) is 31.2 Å². The molecule has 21 heavy (non-hydrogen) atoms. The van der Waals surface area contributed by atoms with Crippen molar-refractivity contribution in [1.29, 1.82) is 0 Å². The molecule has 1 unspecified atom stereocenters. The molecule has 3 rings (SSSR count). The van der Waals surface area contributed by atoms with Gasteiger partial charge in [-0.3, -0.25) is 4.79 Å². The number of para-hydroxylation sites is 1. The molecule has 0 bridgehead atoms. The van der Waals surface area contributed by atoms with E-state index in [1.807, 2.05) is 24.3 Å². The van der Waals surface area contributed by atoms with Gasteiger partial charge in [0.05, 0.1) is 17.9 Å². The first kappa shape index (κ1) is 13.5. The van der Waals surface area contributed by atoms with E-state index in [9.17, 15) is 9.90 Å². The van der Waals surface area contributed by atoms with E-state index in [2.05, 4.69) is 15.5 Å². The van der Waals surface area contributed by atoms with Crippen LogP contribution in [-0.2, 0) is 11.3 Å². The molecule has 1 aromatic heterocycles. The lowest BCUT2D eigenvalue weighted by molar-refractivity contribution is -0.147. The van der Waals surface area contributed by atoms with E-state index in [-0.39, 0.29) is 12.5 Å². The van der Waals surface area contributed by atoms with Crippen molar-refractivity contribution in [3.63, 3.8) is 0 Å². The lowest BCUT2D eigenvalue weighted by Crippen LogP contribution is -2.31. The Morgan fingerprint density at radius 2 is 2.24 bits per heavy atom. The van der Waals surface area contributed by atoms with Gasteiger partial charge in [0.2, 0.25) is 0 Å². The van der Waals surface area contributed by atoms with Gasteiger partial charge < -0.3 is 9.84 Å². The monoisotopic (exact) mass is 288 g/mol. The zero-order chi connectivity index (χ0) is 15.0. The molecule has 0 amide bonds. The fourth-order valence-electron chi connectivity index (χ4n) is 2.39. The van der Waals surface area contributed by atoms with E-state index in [4.69, 9.17) is 4.74 Å². The summed E-state index contributed by atoms with van der Waals surface area (Å²) in [5.41, 5.74) is 0.0880. The summed E-state index contributed by atoms with van der Waals surface area (Å²) in [6.07, 6.45) is 0. The van der Waals surface area contributed by atoms with Gasteiger partial charge in [-0.1, -0.05) is 18.2 Å². The molecule has 1 atom stereocenters. The predicted octanol–water partition coefficient (Wildman–Crippen LogP) is 1.31. The second-order valence-electron chi connectivity index (χ2n) is 5.79. The molecule has 1 N–H and O–H groups in total. The van der Waals surface area contributed by atoms with Gasteiger partial charge >= 0.3 is 5.97 Å². The first-order valence-electron chi connectivity index (χ1n) is 6.70. The largest absolute Gasteiger partial charge is 0.492 e. The molecule has 1 aliphatic heterocycles. The van der Waals surface area contributed by atoms with E-state index in [0.717, 1.165) is 11.3 Å². The number of carboxylic acids is 1. The molecule has 0 fully saturated rings. The van der Waals surface area contributed by atoms with Gasteiger partial charge in [-0.25, -0.2) is 4.68 Å². The third-order valence-electron chi connectivity index (χ3n) is 3.70. The Balaban J connectivity index is 1.92. The second-order valence-corrected chi connectivity index (χ2v) is 5.79. The average molecular weight is 288 g/mol. The smallest absolute Gasteiger partial charge is 0.310 e. The number of hydrogen-bond acceptors (Lipinski definition) is 5. The first-order chi connectivity index (χ1) is 9.99. The van der Waals surface area contributed by atoms with Gasteiger partial charge in [-0.15, -0.1) is 5.10 Å². The van der Waals surface area contributed by atoms with Crippen molar-refractivity contribution in [3.8, 4) is 5.75 Å². The summed E-state index contributed by atoms with van der Waals surface area (Å²) in [5, 5.41) is 21.0. The maximum absolute atomic E-state index is 11.3. The maximum atomic E-state index is 11.3. The number of carbonyl (C=O) groups is 1. The number of rotatable bonds is 4. The Bertz CT molecular complexity index is 680. The van der Waals surface area contributed by atoms with Crippen molar-refractivity contribution in [2.45, 2.75) is 26.3 Å². The molecule has 1 aromatic carbocycles. The fraction of sp³-hybridized carbons (Fsp3) is 0.429. The standard InChI is InChI=1S/C14H16N4O3/c1-14(2,13(19)20)8-18-12(15-16-17-18)10-7-21-11-6-4-3-5-9(10)11/h3-6,10H,7-8H2,1-2H3,(H,19,20). The van der Waals surface area contributed by atoms with Gasteiger partial charge in [0, 0.05) is 5.56 Å². The summed E-state index contributed by atoms with van der Waals surface area (Å²) < 4.78 is 7.20. The van der Waals surface area contributed by atoms with Crippen LogP contribution in [0.25, 0.3) is 0 Å². The molecule has 0 saturated heterocycles. The van der Waals surface area contributed by atoms with E-state index >= 15 is 0 Å². The molecule has 2 aromatic rings. The van der Waals surface area contributed by atoms with Crippen LogP contribution < -0.4 is 4.74 Å². The molecule has 0 aliphatic carbocycles. The minimum absolute atomic E-state index is 0.0687. The Morgan fingerprint density at radius 3 is 3.00 bits per heavy atom. The molecule has 0 spiro atoms. The summed E-state index contributed by atoms with van der Waals surface area (Å²) >= 11 is 0. The highest BCUT2D eigenvalue weighted by molar-refractivity contribution is 5.73. The van der Waals surface area contributed by atoms with Crippen molar-refractivity contribution in [2.75, 3.05) is 6.61 Å². The van der Waals surface area contributed by atoms with Crippen molar-refractivity contribution in [2.24, 2.45) is 5.41 Å². The van der Waals surface area contributed by atoms with Crippen LogP contribution >= 0.6 is 0 Å². The molecular formula is C14H16N4O3. The summed E-state index contributed by atoms with van der Waals surface area (Å²) in [7, 11) is 0. The summed E-state index contributed by atoms with van der Waals surface area (Å²) in [6.45, 7) is 3.98. The number of fused-ring (bicyclic) bond motifs is 1. The fourth-order valence-corrected chi connectivity index (χ4v) is 2.39. The summed E-state index contributed by atoms with van der Waals surface area (Å²) in [5.74, 6) is 0.511. The van der Waals surface area contributed by atoms with Crippen LogP contribution in [0.3, 0.4) is 0 Å². The lowest BCUT2D eigenvalue weighted by Gasteiger charge is -2.20. The van der Waals surface area contributed by atoms with Crippen LogP contribution in [-0.4, -0.2) is 37.9 Å². The quantitative estimate of drug-likeness (QED) is 0.912. The number of aromatic nitrogens is 4. The molecule has 1 aliphatic rings. The van der Waals surface area contributed by atoms with Gasteiger partial charge in [0.25, 0.3) is 0 Å². The topological polar surface area (TPSA) is 90.1 Å². The molecule has 0 radical (unpaired) electrons. The zero-order valence-corrected chi connectivity index (χ0v) is 11.9. The van der Waals surface area contributed by atoms with Crippen LogP contribution in [0.2, 0.25) is 0 Å². The molecule has 0 saturated carbocycles. The highest BCUT2D eigenvalue weighted by Gasteiger charge is 2.34. The van der Waals surface area contributed by atoms with E-state index in [1.54, 1.807) is 18.5 Å². The van der Waals surface area contributed by atoms with Crippen molar-refractivity contribution >= 4 is 5.97 Å². The molecule has 110 valence electrons. The Kier molecular flexibility index (Phi) is 3.12. The van der Waals surface area contributed by atoms with Gasteiger partial charge in [-0.2, -0.15) is 0 Å². The minimum atomic E-state index is -0.941. The average Bonchev–Trinajstić information content (AvgIpc) is 3.04. The number of nitrogens with zero attached hydrogens (tertiary/aromatic N) is 4. The highest BCUT2D eigenvalue weighted by Crippen LogP contribution is 2.37. The zero-order valence-electron chi connectivity index (χ0n) is 11.9. The minimum Gasteiger partial charge on any atom is -0.492 e. The van der Waals surface area contributed by atoms with Crippen molar-refractivity contribution in [3.05, 3.63) is 35.7 Å². The third-order valence-corrected chi connectivity index (χ3v) is 3.70. The summed E-state index contributed by atoms with van der Waals surface area (Å²) in [4.78, 5) is 11.3. The molecular weight excluding hydrogens is 272 g/mol. The lowest BCUT2D eigenvalue weighted by atomic mass is 9.93. The second kappa shape index (κ2) is 4.83. The molecule has 2 heterocycles. The van der Waals surface area contributed by atoms with E-state index in [0.29, 0.717) is 12.4 Å². The number of carboxylic acid groups (broad SMARTS) is 1. The SMILES string of the molecule is CC(C)(Cn1nnnc1C1COc2ccccc21)C(=O)O. The Morgan fingerprint density at radius 1 is 1.48 bits per heavy atom. The maximum Gasteiger partial charge on any atom is 0.310 e. The van der Waals surface area contributed by atoms with Crippen LogP contribution in [0.15, 0.2) is 24.3 Å². The number of benzene rings is 1. The van der Waals surface area contributed by atoms with Gasteiger partial charge in [0.15, 0.2) is 5.82 Å². The van der Waals surface area contributed by atoms with Gasteiger partial charge in [0.1, 0.15) is 12.4 Å². The first-order valence-corrected chi connectivity index (χ1v) is 6.70. The highest BCUT2D eigenvalue weighted by atomic mass is 16.5. The third kappa shape index (κ3) is 2.35. The van der Waals surface area contributed by atoms with E-state index in [1.165, 1.54) is 0 Å². The van der Waals surface area contributed by atoms with Crippen LogP contribution in [0.4, 0.5) is 0 Å². The van der Waals surface area contributed by atoms with E-state index < -0.39 is 11.4 Å².